The number of fused-ring (bicyclic) bond motifs is 1. The molecule has 0 radical (unpaired) electrons. The monoisotopic (exact) mass is 406 g/mol. The molecular formula is C21H18N4O5. The molecule has 0 saturated heterocycles. The maximum atomic E-state index is 13.2. The Morgan fingerprint density at radius 3 is 2.67 bits per heavy atom. The number of aryl methyl sites for hydroxylation is 1. The number of hydrogen-bond donors (Lipinski definition) is 1. The number of carbonyl (C=O) groups is 2. The minimum absolute atomic E-state index is 0.0628. The van der Waals surface area contributed by atoms with Gasteiger partial charge >= 0.3 is 5.97 Å². The van der Waals surface area contributed by atoms with Gasteiger partial charge in [0, 0.05) is 29.1 Å². The van der Waals surface area contributed by atoms with Gasteiger partial charge in [0.2, 0.25) is 0 Å². The summed E-state index contributed by atoms with van der Waals surface area (Å²) >= 11 is 0. The highest BCUT2D eigenvalue weighted by atomic mass is 16.6. The number of carbonyl (C=O) groups excluding carboxylic acids is 2. The second kappa shape index (κ2) is 7.43. The first-order valence-corrected chi connectivity index (χ1v) is 9.32. The average Bonchev–Trinajstić information content (AvgIpc) is 3.26. The molecule has 30 heavy (non-hydrogen) atoms. The van der Waals surface area contributed by atoms with Crippen LogP contribution in [0.15, 0.2) is 48.5 Å². The molecule has 4 rings (SSSR count). The first kappa shape index (κ1) is 19.3. The molecule has 3 aromatic rings. The lowest BCUT2D eigenvalue weighted by Crippen LogP contribution is -2.29. The van der Waals surface area contributed by atoms with Crippen LogP contribution in [0.2, 0.25) is 0 Å². The van der Waals surface area contributed by atoms with Gasteiger partial charge in [-0.15, -0.1) is 0 Å². The summed E-state index contributed by atoms with van der Waals surface area (Å²) in [7, 11) is 0. The molecule has 2 heterocycles. The van der Waals surface area contributed by atoms with Crippen LogP contribution in [0, 0.1) is 17.0 Å². The number of aromatic nitrogens is 2. The maximum Gasteiger partial charge on any atom is 0.338 e. The van der Waals surface area contributed by atoms with E-state index in [0.29, 0.717) is 28.1 Å². The number of ether oxygens (including phenoxy) is 1. The third-order valence-corrected chi connectivity index (χ3v) is 5.00. The third kappa shape index (κ3) is 3.10. The fourth-order valence-electron chi connectivity index (χ4n) is 3.66. The van der Waals surface area contributed by atoms with E-state index in [9.17, 15) is 19.7 Å². The molecule has 0 unspecified atom stereocenters. The van der Waals surface area contributed by atoms with Gasteiger partial charge in [0.15, 0.2) is 5.69 Å². The van der Waals surface area contributed by atoms with E-state index in [1.165, 1.54) is 17.0 Å². The molecule has 9 heteroatoms. The van der Waals surface area contributed by atoms with Crippen molar-refractivity contribution in [2.45, 2.75) is 19.9 Å². The van der Waals surface area contributed by atoms with E-state index < -0.39 is 16.9 Å². The van der Waals surface area contributed by atoms with Gasteiger partial charge < -0.3 is 4.74 Å². The molecule has 0 aliphatic carbocycles. The number of esters is 1. The van der Waals surface area contributed by atoms with Crippen molar-refractivity contribution in [2.24, 2.45) is 0 Å². The first-order valence-electron chi connectivity index (χ1n) is 9.32. The van der Waals surface area contributed by atoms with E-state index in [2.05, 4.69) is 10.2 Å². The van der Waals surface area contributed by atoms with Crippen LogP contribution in [-0.2, 0) is 4.74 Å². The summed E-state index contributed by atoms with van der Waals surface area (Å²) in [6.07, 6.45) is 0. The normalized spacial score (nSPS) is 15.2. The SMILES string of the molecule is CCOC(=O)c1ccc(N2C(=O)c3n[nH]c(C)c3[C@H]2c2cccc([N+](=O)[O-])c2)cc1. The lowest BCUT2D eigenvalue weighted by Gasteiger charge is -2.26. The molecule has 1 atom stereocenters. The summed E-state index contributed by atoms with van der Waals surface area (Å²) in [6, 6.07) is 12.1. The smallest absolute Gasteiger partial charge is 0.338 e. The Balaban J connectivity index is 1.80. The Morgan fingerprint density at radius 1 is 1.27 bits per heavy atom. The van der Waals surface area contributed by atoms with E-state index in [-0.39, 0.29) is 23.9 Å². The Morgan fingerprint density at radius 2 is 2.00 bits per heavy atom. The molecule has 9 nitrogen and oxygen atoms in total. The summed E-state index contributed by atoms with van der Waals surface area (Å²) in [4.78, 5) is 37.4. The van der Waals surface area contributed by atoms with E-state index in [1.54, 1.807) is 50.2 Å². The number of non-ortho nitro benzene ring substituents is 1. The summed E-state index contributed by atoms with van der Waals surface area (Å²) in [5.41, 5.74) is 3.10. The van der Waals surface area contributed by atoms with E-state index in [4.69, 9.17) is 4.74 Å². The van der Waals surface area contributed by atoms with Crippen LogP contribution < -0.4 is 4.90 Å². The highest BCUT2D eigenvalue weighted by molar-refractivity contribution is 6.10. The maximum absolute atomic E-state index is 13.2. The van der Waals surface area contributed by atoms with Gasteiger partial charge in [-0.3, -0.25) is 24.9 Å². The van der Waals surface area contributed by atoms with Crippen LogP contribution >= 0.6 is 0 Å². The van der Waals surface area contributed by atoms with Gasteiger partial charge in [0.05, 0.1) is 23.1 Å². The number of anilines is 1. The lowest BCUT2D eigenvalue weighted by atomic mass is 9.98. The van der Waals surface area contributed by atoms with Gasteiger partial charge in [-0.1, -0.05) is 12.1 Å². The minimum Gasteiger partial charge on any atom is -0.462 e. The summed E-state index contributed by atoms with van der Waals surface area (Å²) in [6.45, 7) is 3.79. The molecule has 0 fully saturated rings. The number of amides is 1. The van der Waals surface area contributed by atoms with Gasteiger partial charge in [0.25, 0.3) is 11.6 Å². The number of nitrogens with one attached hydrogen (secondary N) is 1. The number of hydrogen-bond acceptors (Lipinski definition) is 6. The van der Waals surface area contributed by atoms with Crippen LogP contribution in [-0.4, -0.2) is 33.6 Å². The quantitative estimate of drug-likeness (QED) is 0.393. The van der Waals surface area contributed by atoms with Crippen LogP contribution in [0.4, 0.5) is 11.4 Å². The third-order valence-electron chi connectivity index (χ3n) is 5.00. The Kier molecular flexibility index (Phi) is 4.78. The number of aromatic amines is 1. The predicted octanol–water partition coefficient (Wildman–Crippen LogP) is 3.55. The van der Waals surface area contributed by atoms with Gasteiger partial charge in [-0.05, 0) is 43.7 Å². The van der Waals surface area contributed by atoms with E-state index in [1.807, 2.05) is 0 Å². The second-order valence-corrected chi connectivity index (χ2v) is 6.81. The standard InChI is InChI=1S/C21H18N4O5/c1-3-30-21(27)13-7-9-15(10-8-13)24-19(14-5-4-6-16(11-14)25(28)29)17-12(2)22-23-18(17)20(24)26/h4-11,19H,3H2,1-2H3,(H,22,23)/t19-/m1/s1. The molecule has 1 amide bonds. The van der Waals surface area contributed by atoms with Crippen LogP contribution in [0.1, 0.15) is 50.6 Å². The Hall–Kier alpha value is -4.01. The fourth-order valence-corrected chi connectivity index (χ4v) is 3.66. The molecule has 0 saturated carbocycles. The first-order chi connectivity index (χ1) is 14.4. The molecule has 1 aromatic heterocycles. The van der Waals surface area contributed by atoms with Crippen molar-refractivity contribution in [1.82, 2.24) is 10.2 Å². The van der Waals surface area contributed by atoms with Crippen molar-refractivity contribution in [3.63, 3.8) is 0 Å². The van der Waals surface area contributed by atoms with Crippen molar-refractivity contribution in [3.8, 4) is 0 Å². The van der Waals surface area contributed by atoms with Gasteiger partial charge in [-0.2, -0.15) is 5.10 Å². The lowest BCUT2D eigenvalue weighted by molar-refractivity contribution is -0.384. The van der Waals surface area contributed by atoms with Gasteiger partial charge in [-0.25, -0.2) is 4.79 Å². The van der Waals surface area contributed by atoms with Crippen LogP contribution in [0.5, 0.6) is 0 Å². The topological polar surface area (TPSA) is 118 Å². The molecule has 152 valence electrons. The average molecular weight is 406 g/mol. The molecule has 1 N–H and O–H groups in total. The Bertz CT molecular complexity index is 1150. The van der Waals surface area contributed by atoms with E-state index in [0.717, 1.165) is 0 Å². The zero-order valence-corrected chi connectivity index (χ0v) is 16.3. The second-order valence-electron chi connectivity index (χ2n) is 6.81. The molecule has 2 aromatic carbocycles. The van der Waals surface area contributed by atoms with Crippen molar-refractivity contribution in [2.75, 3.05) is 11.5 Å². The molecule has 0 bridgehead atoms. The van der Waals surface area contributed by atoms with Gasteiger partial charge in [0.1, 0.15) is 0 Å². The number of benzene rings is 2. The van der Waals surface area contributed by atoms with Crippen molar-refractivity contribution >= 4 is 23.3 Å². The minimum atomic E-state index is -0.584. The van der Waals surface area contributed by atoms with Crippen molar-refractivity contribution < 1.29 is 19.2 Å². The zero-order chi connectivity index (χ0) is 21.4. The number of H-pyrrole nitrogens is 1. The zero-order valence-electron chi connectivity index (χ0n) is 16.3. The fraction of sp³-hybridized carbons (Fsp3) is 0.190. The van der Waals surface area contributed by atoms with E-state index >= 15 is 0 Å². The van der Waals surface area contributed by atoms with Crippen molar-refractivity contribution in [1.29, 1.82) is 0 Å². The molecular weight excluding hydrogens is 388 g/mol. The van der Waals surface area contributed by atoms with Crippen molar-refractivity contribution in [3.05, 3.63) is 86.7 Å². The molecule has 1 aliphatic heterocycles. The van der Waals surface area contributed by atoms with Crippen LogP contribution in [0.25, 0.3) is 0 Å². The summed E-state index contributed by atoms with van der Waals surface area (Å²) in [5, 5.41) is 18.2. The van der Waals surface area contributed by atoms with Crippen LogP contribution in [0.3, 0.4) is 0 Å². The summed E-state index contributed by atoms with van der Waals surface area (Å²) in [5.74, 6) is -0.772. The highest BCUT2D eigenvalue weighted by Gasteiger charge is 2.42. The molecule has 1 aliphatic rings. The number of rotatable bonds is 5. The highest BCUT2D eigenvalue weighted by Crippen LogP contribution is 2.42. The largest absolute Gasteiger partial charge is 0.462 e. The number of nitro groups is 1. The summed E-state index contributed by atoms with van der Waals surface area (Å²) < 4.78 is 5.00. The Labute approximate surface area is 171 Å². The number of nitrogens with zero attached hydrogens (tertiary/aromatic N) is 3. The number of nitro benzene ring substituents is 1. The predicted molar refractivity (Wildman–Crippen MR) is 107 cm³/mol. The molecule has 0 spiro atoms.